The quantitative estimate of drug-likeness (QED) is 0.652. The molecule has 0 saturated carbocycles. The molecular formula is C13H19NO5. The zero-order chi connectivity index (χ0) is 13.8. The molecule has 0 N–H and O–H groups in total. The number of nitriles is 1. The average molecular weight is 269 g/mol. The Morgan fingerprint density at radius 1 is 0.947 bits per heavy atom. The van der Waals surface area contributed by atoms with Crippen LogP contribution in [-0.4, -0.2) is 48.7 Å². The molecule has 0 bridgehead atoms. The topological polar surface area (TPSA) is 69.9 Å². The Hall–Kier alpha value is -0.710. The van der Waals surface area contributed by atoms with Crippen molar-refractivity contribution in [2.75, 3.05) is 6.61 Å². The second-order valence-corrected chi connectivity index (χ2v) is 6.08. The second-order valence-electron chi connectivity index (χ2n) is 6.08. The Kier molecular flexibility index (Phi) is 2.89. The van der Waals surface area contributed by atoms with Gasteiger partial charge in [-0.3, -0.25) is 0 Å². The molecular weight excluding hydrogens is 250 g/mol. The molecule has 0 aromatic rings. The van der Waals surface area contributed by atoms with Gasteiger partial charge in [-0.05, 0) is 27.7 Å². The highest BCUT2D eigenvalue weighted by molar-refractivity contribution is 5.07. The minimum atomic E-state index is -0.728. The van der Waals surface area contributed by atoms with Crippen LogP contribution >= 0.6 is 0 Å². The van der Waals surface area contributed by atoms with Crippen molar-refractivity contribution in [3.63, 3.8) is 0 Å². The molecule has 0 spiro atoms. The SMILES string of the molecule is CC1(C)O[C@@H]2[C@H](O1)[C@@H](C#N)O[C@@H]1COC(C)(C)O[C@@H]21. The van der Waals surface area contributed by atoms with E-state index in [9.17, 15) is 5.26 Å². The fourth-order valence-electron chi connectivity index (χ4n) is 2.89. The molecule has 5 atom stereocenters. The van der Waals surface area contributed by atoms with Crippen molar-refractivity contribution < 1.29 is 23.7 Å². The zero-order valence-corrected chi connectivity index (χ0v) is 11.6. The average Bonchev–Trinajstić information content (AvgIpc) is 2.63. The summed E-state index contributed by atoms with van der Waals surface area (Å²) >= 11 is 0. The summed E-state index contributed by atoms with van der Waals surface area (Å²) in [4.78, 5) is 0. The van der Waals surface area contributed by atoms with Crippen molar-refractivity contribution in [2.45, 2.75) is 69.8 Å². The molecule has 3 saturated heterocycles. The molecule has 0 aliphatic carbocycles. The highest BCUT2D eigenvalue weighted by Gasteiger charge is 2.58. The van der Waals surface area contributed by atoms with E-state index >= 15 is 0 Å². The molecule has 0 aromatic heterocycles. The van der Waals surface area contributed by atoms with E-state index in [-0.39, 0.29) is 18.3 Å². The van der Waals surface area contributed by atoms with E-state index in [0.717, 1.165) is 0 Å². The van der Waals surface area contributed by atoms with Gasteiger partial charge in [0.1, 0.15) is 24.4 Å². The summed E-state index contributed by atoms with van der Waals surface area (Å²) in [7, 11) is 0. The van der Waals surface area contributed by atoms with Crippen molar-refractivity contribution in [2.24, 2.45) is 0 Å². The number of ether oxygens (including phenoxy) is 5. The number of rotatable bonds is 0. The number of hydrogen-bond donors (Lipinski definition) is 0. The standard InChI is InChI=1S/C13H19NO5/c1-12(2)15-6-8-10(17-12)11-9(7(5-14)16-8)18-13(3,4)19-11/h7-11H,6H2,1-4H3/t7-,8-,9-,10-,11-/m1/s1. The fraction of sp³-hybridized carbons (Fsp3) is 0.923. The normalized spacial score (nSPS) is 47.0. The van der Waals surface area contributed by atoms with Gasteiger partial charge in [-0.2, -0.15) is 5.26 Å². The summed E-state index contributed by atoms with van der Waals surface area (Å²) in [6.07, 6.45) is -1.95. The van der Waals surface area contributed by atoms with E-state index in [0.29, 0.717) is 6.61 Å². The number of hydrogen-bond acceptors (Lipinski definition) is 6. The molecule has 0 aromatic carbocycles. The summed E-state index contributed by atoms with van der Waals surface area (Å²) in [5.74, 6) is -1.40. The first kappa shape index (κ1) is 13.3. The van der Waals surface area contributed by atoms with Crippen LogP contribution in [0.4, 0.5) is 0 Å². The van der Waals surface area contributed by atoms with Crippen LogP contribution in [-0.2, 0) is 23.7 Å². The minimum absolute atomic E-state index is 0.278. The summed E-state index contributed by atoms with van der Waals surface area (Å²) in [5.41, 5.74) is 0. The van der Waals surface area contributed by atoms with Crippen molar-refractivity contribution in [3.05, 3.63) is 0 Å². The van der Waals surface area contributed by atoms with Crippen LogP contribution < -0.4 is 0 Å². The van der Waals surface area contributed by atoms with E-state index < -0.39 is 23.8 Å². The molecule has 3 heterocycles. The molecule has 3 fully saturated rings. The van der Waals surface area contributed by atoms with Gasteiger partial charge in [-0.25, -0.2) is 0 Å². The Balaban J connectivity index is 1.88. The van der Waals surface area contributed by atoms with E-state index in [4.69, 9.17) is 23.7 Å². The summed E-state index contributed by atoms with van der Waals surface area (Å²) in [6, 6.07) is 2.13. The van der Waals surface area contributed by atoms with Crippen LogP contribution in [0, 0.1) is 11.3 Å². The lowest BCUT2D eigenvalue weighted by atomic mass is 9.94. The lowest BCUT2D eigenvalue weighted by Gasteiger charge is -2.47. The molecule has 0 amide bonds. The molecule has 106 valence electrons. The Morgan fingerprint density at radius 2 is 1.58 bits per heavy atom. The minimum Gasteiger partial charge on any atom is -0.352 e. The molecule has 3 rings (SSSR count). The zero-order valence-electron chi connectivity index (χ0n) is 11.6. The van der Waals surface area contributed by atoms with Gasteiger partial charge in [0.2, 0.25) is 0 Å². The van der Waals surface area contributed by atoms with E-state index in [2.05, 4.69) is 6.07 Å². The molecule has 3 aliphatic heterocycles. The van der Waals surface area contributed by atoms with Crippen molar-refractivity contribution in [1.29, 1.82) is 5.26 Å². The fourth-order valence-corrected chi connectivity index (χ4v) is 2.89. The first-order chi connectivity index (χ1) is 8.81. The summed E-state index contributed by atoms with van der Waals surface area (Å²) < 4.78 is 28.9. The maximum atomic E-state index is 9.21. The lowest BCUT2D eigenvalue weighted by molar-refractivity contribution is -0.344. The lowest BCUT2D eigenvalue weighted by Crippen LogP contribution is -2.63. The molecule has 19 heavy (non-hydrogen) atoms. The van der Waals surface area contributed by atoms with Crippen molar-refractivity contribution in [1.82, 2.24) is 0 Å². The number of nitrogens with zero attached hydrogens (tertiary/aromatic N) is 1. The van der Waals surface area contributed by atoms with E-state index in [1.54, 1.807) is 0 Å². The Morgan fingerprint density at radius 3 is 2.26 bits per heavy atom. The van der Waals surface area contributed by atoms with Gasteiger partial charge in [0.05, 0.1) is 12.7 Å². The molecule has 6 nitrogen and oxygen atoms in total. The highest BCUT2D eigenvalue weighted by Crippen LogP contribution is 2.41. The van der Waals surface area contributed by atoms with Gasteiger partial charge in [0.15, 0.2) is 17.7 Å². The monoisotopic (exact) mass is 269 g/mol. The van der Waals surface area contributed by atoms with Gasteiger partial charge in [-0.15, -0.1) is 0 Å². The van der Waals surface area contributed by atoms with Gasteiger partial charge in [-0.1, -0.05) is 0 Å². The highest BCUT2D eigenvalue weighted by atomic mass is 16.8. The summed E-state index contributed by atoms with van der Waals surface area (Å²) in [6.45, 7) is 7.77. The number of fused-ring (bicyclic) bond motifs is 3. The Labute approximate surface area is 112 Å². The van der Waals surface area contributed by atoms with Crippen LogP contribution in [0.5, 0.6) is 0 Å². The molecule has 3 aliphatic rings. The predicted octanol–water partition coefficient (Wildman–Crippen LogP) is 0.949. The van der Waals surface area contributed by atoms with Crippen LogP contribution in [0.1, 0.15) is 27.7 Å². The molecule has 0 radical (unpaired) electrons. The van der Waals surface area contributed by atoms with Crippen LogP contribution in [0.2, 0.25) is 0 Å². The third-order valence-electron chi connectivity index (χ3n) is 3.62. The van der Waals surface area contributed by atoms with E-state index in [1.165, 1.54) is 0 Å². The van der Waals surface area contributed by atoms with Crippen LogP contribution in [0.3, 0.4) is 0 Å². The van der Waals surface area contributed by atoms with Crippen LogP contribution in [0.25, 0.3) is 0 Å². The maximum Gasteiger partial charge on any atom is 0.173 e. The van der Waals surface area contributed by atoms with Crippen molar-refractivity contribution in [3.8, 4) is 6.07 Å². The Bertz CT molecular complexity index is 416. The first-order valence-corrected chi connectivity index (χ1v) is 6.54. The van der Waals surface area contributed by atoms with Gasteiger partial charge < -0.3 is 23.7 Å². The molecule has 0 unspecified atom stereocenters. The van der Waals surface area contributed by atoms with Crippen LogP contribution in [0.15, 0.2) is 0 Å². The van der Waals surface area contributed by atoms with Gasteiger partial charge in [0.25, 0.3) is 0 Å². The predicted molar refractivity (Wildman–Crippen MR) is 63.0 cm³/mol. The maximum absolute atomic E-state index is 9.21. The van der Waals surface area contributed by atoms with Gasteiger partial charge in [0, 0.05) is 0 Å². The van der Waals surface area contributed by atoms with Gasteiger partial charge >= 0.3 is 0 Å². The summed E-state index contributed by atoms with van der Waals surface area (Å²) in [5, 5.41) is 9.21. The second kappa shape index (κ2) is 4.14. The largest absolute Gasteiger partial charge is 0.352 e. The van der Waals surface area contributed by atoms with Crippen molar-refractivity contribution >= 4 is 0 Å². The van der Waals surface area contributed by atoms with E-state index in [1.807, 2.05) is 27.7 Å². The first-order valence-electron chi connectivity index (χ1n) is 6.54. The molecule has 6 heteroatoms. The third-order valence-corrected chi connectivity index (χ3v) is 3.62. The smallest absolute Gasteiger partial charge is 0.173 e. The third kappa shape index (κ3) is 2.26.